The molecule has 0 aliphatic carbocycles. The van der Waals surface area contributed by atoms with E-state index in [2.05, 4.69) is 5.32 Å². The first kappa shape index (κ1) is 11.3. The molecule has 0 aromatic heterocycles. The zero-order valence-corrected chi connectivity index (χ0v) is 9.47. The molecule has 0 aliphatic rings. The van der Waals surface area contributed by atoms with Crippen LogP contribution in [-0.2, 0) is 0 Å². The summed E-state index contributed by atoms with van der Waals surface area (Å²) in [6, 6.07) is 16.8. The number of rotatable bonds is 5. The number of aromatic hydroxyl groups is 1. The Hall–Kier alpha value is -2.16. The van der Waals surface area contributed by atoms with Crippen molar-refractivity contribution in [3.63, 3.8) is 0 Å². The smallest absolute Gasteiger partial charge is 0.138 e. The molecule has 2 rings (SSSR count). The van der Waals surface area contributed by atoms with Gasteiger partial charge in [-0.2, -0.15) is 0 Å². The Morgan fingerprint density at radius 3 is 2.41 bits per heavy atom. The molecule has 2 aromatic rings. The molecule has 3 nitrogen and oxygen atoms in total. The van der Waals surface area contributed by atoms with Crippen molar-refractivity contribution in [1.82, 2.24) is 0 Å². The molecular weight excluding hydrogens is 214 g/mol. The quantitative estimate of drug-likeness (QED) is 0.612. The molecule has 0 aliphatic heterocycles. The van der Waals surface area contributed by atoms with Crippen molar-refractivity contribution in [2.75, 3.05) is 18.5 Å². The highest BCUT2D eigenvalue weighted by molar-refractivity contribution is 5.55. The number of hydrogen-bond donors (Lipinski definition) is 2. The molecule has 0 spiro atoms. The van der Waals surface area contributed by atoms with Gasteiger partial charge in [0.05, 0.1) is 5.69 Å². The molecule has 0 saturated heterocycles. The molecule has 2 N–H and O–H groups in total. The van der Waals surface area contributed by atoms with Crippen LogP contribution in [0.3, 0.4) is 0 Å². The number of hydrogen-bond acceptors (Lipinski definition) is 3. The highest BCUT2D eigenvalue weighted by Gasteiger charge is 1.97. The lowest BCUT2D eigenvalue weighted by molar-refractivity contribution is 0.332. The van der Waals surface area contributed by atoms with Crippen LogP contribution in [-0.4, -0.2) is 18.3 Å². The van der Waals surface area contributed by atoms with Gasteiger partial charge in [-0.1, -0.05) is 30.3 Å². The summed E-state index contributed by atoms with van der Waals surface area (Å²) in [5.74, 6) is 1.11. The SMILES string of the molecule is Oc1ccccc1NCCOc1ccccc1. The number of phenols is 1. The van der Waals surface area contributed by atoms with Crippen LogP contribution in [0.4, 0.5) is 5.69 Å². The van der Waals surface area contributed by atoms with Gasteiger partial charge in [0.25, 0.3) is 0 Å². The van der Waals surface area contributed by atoms with E-state index < -0.39 is 0 Å². The van der Waals surface area contributed by atoms with Crippen LogP contribution in [0.1, 0.15) is 0 Å². The Morgan fingerprint density at radius 1 is 0.941 bits per heavy atom. The average molecular weight is 229 g/mol. The van der Waals surface area contributed by atoms with Crippen LogP contribution in [0.15, 0.2) is 54.6 Å². The van der Waals surface area contributed by atoms with E-state index in [-0.39, 0.29) is 5.75 Å². The molecule has 3 heteroatoms. The zero-order valence-electron chi connectivity index (χ0n) is 9.47. The van der Waals surface area contributed by atoms with Crippen molar-refractivity contribution in [1.29, 1.82) is 0 Å². The van der Waals surface area contributed by atoms with Gasteiger partial charge in [0.1, 0.15) is 18.1 Å². The normalized spacial score (nSPS) is 9.88. The molecule has 0 atom stereocenters. The van der Waals surface area contributed by atoms with E-state index >= 15 is 0 Å². The van der Waals surface area contributed by atoms with Gasteiger partial charge in [0.2, 0.25) is 0 Å². The second-order valence-electron chi connectivity index (χ2n) is 3.61. The highest BCUT2D eigenvalue weighted by atomic mass is 16.5. The third-order valence-corrected chi connectivity index (χ3v) is 2.33. The summed E-state index contributed by atoms with van der Waals surface area (Å²) in [6.45, 7) is 1.20. The standard InChI is InChI=1S/C14H15NO2/c16-14-9-5-4-8-13(14)15-10-11-17-12-6-2-1-3-7-12/h1-9,15-16H,10-11H2. The van der Waals surface area contributed by atoms with E-state index in [0.717, 1.165) is 11.4 Å². The van der Waals surface area contributed by atoms with Crippen molar-refractivity contribution < 1.29 is 9.84 Å². The first-order valence-corrected chi connectivity index (χ1v) is 5.56. The van der Waals surface area contributed by atoms with Crippen LogP contribution >= 0.6 is 0 Å². The summed E-state index contributed by atoms with van der Waals surface area (Å²) in [5, 5.41) is 12.6. The molecular formula is C14H15NO2. The van der Waals surface area contributed by atoms with Crippen molar-refractivity contribution in [2.45, 2.75) is 0 Å². The molecule has 0 unspecified atom stereocenters. The minimum Gasteiger partial charge on any atom is -0.506 e. The molecule has 0 heterocycles. The molecule has 88 valence electrons. The van der Waals surface area contributed by atoms with Crippen molar-refractivity contribution in [2.24, 2.45) is 0 Å². The van der Waals surface area contributed by atoms with Crippen LogP contribution in [0, 0.1) is 0 Å². The van der Waals surface area contributed by atoms with Gasteiger partial charge in [-0.3, -0.25) is 0 Å². The molecule has 0 saturated carbocycles. The number of phenolic OH excluding ortho intramolecular Hbond substituents is 1. The fourth-order valence-corrected chi connectivity index (χ4v) is 1.49. The predicted molar refractivity (Wildman–Crippen MR) is 68.5 cm³/mol. The summed E-state index contributed by atoms with van der Waals surface area (Å²) >= 11 is 0. The fraction of sp³-hybridized carbons (Fsp3) is 0.143. The first-order chi connectivity index (χ1) is 8.36. The summed E-state index contributed by atoms with van der Waals surface area (Å²) in [6.07, 6.45) is 0. The fourth-order valence-electron chi connectivity index (χ4n) is 1.49. The topological polar surface area (TPSA) is 41.5 Å². The molecule has 2 aromatic carbocycles. The maximum atomic E-state index is 9.52. The van der Waals surface area contributed by atoms with Crippen molar-refractivity contribution in [3.8, 4) is 11.5 Å². The summed E-state index contributed by atoms with van der Waals surface area (Å²) < 4.78 is 5.52. The number of ether oxygens (including phenoxy) is 1. The van der Waals surface area contributed by atoms with Gasteiger partial charge in [-0.15, -0.1) is 0 Å². The van der Waals surface area contributed by atoms with E-state index in [1.54, 1.807) is 12.1 Å². The van der Waals surface area contributed by atoms with Gasteiger partial charge in [0.15, 0.2) is 0 Å². The number of benzene rings is 2. The lowest BCUT2D eigenvalue weighted by Gasteiger charge is -2.09. The highest BCUT2D eigenvalue weighted by Crippen LogP contribution is 2.20. The van der Waals surface area contributed by atoms with Crippen molar-refractivity contribution >= 4 is 5.69 Å². The van der Waals surface area contributed by atoms with Crippen LogP contribution in [0.25, 0.3) is 0 Å². The van der Waals surface area contributed by atoms with Gasteiger partial charge in [0, 0.05) is 6.54 Å². The summed E-state index contributed by atoms with van der Waals surface area (Å²) in [7, 11) is 0. The maximum Gasteiger partial charge on any atom is 0.138 e. The van der Waals surface area contributed by atoms with E-state index in [9.17, 15) is 5.11 Å². The molecule has 17 heavy (non-hydrogen) atoms. The van der Waals surface area contributed by atoms with Gasteiger partial charge in [-0.25, -0.2) is 0 Å². The van der Waals surface area contributed by atoms with E-state index in [1.807, 2.05) is 42.5 Å². The lowest BCUT2D eigenvalue weighted by atomic mass is 10.3. The Morgan fingerprint density at radius 2 is 1.65 bits per heavy atom. The van der Waals surface area contributed by atoms with Gasteiger partial charge in [-0.05, 0) is 24.3 Å². The molecule has 0 radical (unpaired) electrons. The lowest BCUT2D eigenvalue weighted by Crippen LogP contribution is -2.11. The van der Waals surface area contributed by atoms with E-state index in [0.29, 0.717) is 13.2 Å². The first-order valence-electron chi connectivity index (χ1n) is 5.56. The molecule has 0 bridgehead atoms. The second-order valence-corrected chi connectivity index (χ2v) is 3.61. The minimum absolute atomic E-state index is 0.257. The number of nitrogens with one attached hydrogen (secondary N) is 1. The Kier molecular flexibility index (Phi) is 3.86. The Bertz CT molecular complexity index is 457. The van der Waals surface area contributed by atoms with Gasteiger partial charge < -0.3 is 15.2 Å². The number of anilines is 1. The van der Waals surface area contributed by atoms with Crippen molar-refractivity contribution in [3.05, 3.63) is 54.6 Å². The van der Waals surface area contributed by atoms with Crippen LogP contribution in [0.2, 0.25) is 0 Å². The van der Waals surface area contributed by atoms with Gasteiger partial charge >= 0.3 is 0 Å². The third-order valence-electron chi connectivity index (χ3n) is 2.33. The molecule has 0 amide bonds. The van der Waals surface area contributed by atoms with Crippen LogP contribution in [0.5, 0.6) is 11.5 Å². The van der Waals surface area contributed by atoms with E-state index in [4.69, 9.17) is 4.74 Å². The van der Waals surface area contributed by atoms with Crippen LogP contribution < -0.4 is 10.1 Å². The summed E-state index contributed by atoms with van der Waals surface area (Å²) in [4.78, 5) is 0. The largest absolute Gasteiger partial charge is 0.506 e. The zero-order chi connectivity index (χ0) is 11.9. The molecule has 0 fully saturated rings. The Labute approximate surface area is 101 Å². The summed E-state index contributed by atoms with van der Waals surface area (Å²) in [5.41, 5.74) is 0.726. The monoisotopic (exact) mass is 229 g/mol. The van der Waals surface area contributed by atoms with E-state index in [1.165, 1.54) is 0 Å². The minimum atomic E-state index is 0.257. The predicted octanol–water partition coefficient (Wildman–Crippen LogP) is 2.88. The number of para-hydroxylation sites is 3. The average Bonchev–Trinajstić information content (AvgIpc) is 2.38. The third kappa shape index (κ3) is 3.41. The second kappa shape index (κ2) is 5.80. The Balaban J connectivity index is 1.76. The maximum absolute atomic E-state index is 9.52.